The van der Waals surface area contributed by atoms with Crippen LogP contribution in [0.25, 0.3) is 11.4 Å². The molecule has 8 heteroatoms. The van der Waals surface area contributed by atoms with Crippen LogP contribution in [-0.4, -0.2) is 58.6 Å². The highest BCUT2D eigenvalue weighted by atomic mass is 35.5. The first-order valence-corrected chi connectivity index (χ1v) is 9.62. The van der Waals surface area contributed by atoms with Crippen LogP contribution in [0.4, 0.5) is 4.39 Å². The minimum atomic E-state index is -0.583. The van der Waals surface area contributed by atoms with Gasteiger partial charge in [-0.1, -0.05) is 29.7 Å². The second-order valence-corrected chi connectivity index (χ2v) is 7.19. The van der Waals surface area contributed by atoms with Gasteiger partial charge < -0.3 is 14.3 Å². The van der Waals surface area contributed by atoms with E-state index in [0.29, 0.717) is 12.3 Å². The quantitative estimate of drug-likeness (QED) is 0.751. The molecule has 0 spiro atoms. The fourth-order valence-electron chi connectivity index (χ4n) is 3.36. The van der Waals surface area contributed by atoms with Crippen molar-refractivity contribution >= 4 is 17.5 Å². The van der Waals surface area contributed by atoms with E-state index in [4.69, 9.17) is 16.1 Å². The third kappa shape index (κ3) is 4.65. The molecule has 1 saturated heterocycles. The lowest BCUT2D eigenvalue weighted by molar-refractivity contribution is -0.132. The van der Waals surface area contributed by atoms with Gasteiger partial charge in [-0.05, 0) is 31.5 Å². The van der Waals surface area contributed by atoms with Crippen LogP contribution < -0.4 is 0 Å². The Morgan fingerprint density at radius 3 is 2.85 bits per heavy atom. The number of likely N-dealkylation sites (tertiary alicyclic amines) is 1. The second kappa shape index (κ2) is 8.80. The van der Waals surface area contributed by atoms with Gasteiger partial charge in [0.05, 0.1) is 10.6 Å². The molecule has 2 aromatic rings. The zero-order chi connectivity index (χ0) is 19.4. The molecule has 0 bridgehead atoms. The first kappa shape index (κ1) is 19.8. The van der Waals surface area contributed by atoms with Gasteiger partial charge in [-0.2, -0.15) is 4.98 Å². The minimum absolute atomic E-state index is 0.00442. The smallest absolute Gasteiger partial charge is 0.227 e. The third-order valence-electron chi connectivity index (χ3n) is 5.16. The molecule has 0 N–H and O–H groups in total. The van der Waals surface area contributed by atoms with E-state index >= 15 is 0 Å². The molecule has 1 aromatic heterocycles. The number of aryl methyl sites for hydroxylation is 1. The maximum Gasteiger partial charge on any atom is 0.227 e. The lowest BCUT2D eigenvalue weighted by Crippen LogP contribution is -2.45. The van der Waals surface area contributed by atoms with E-state index < -0.39 is 5.82 Å². The second-order valence-electron chi connectivity index (χ2n) is 6.78. The van der Waals surface area contributed by atoms with Gasteiger partial charge in [-0.15, -0.1) is 0 Å². The number of amides is 1. The zero-order valence-electron chi connectivity index (χ0n) is 15.6. The molecule has 146 valence electrons. The van der Waals surface area contributed by atoms with E-state index in [9.17, 15) is 9.18 Å². The molecule has 27 heavy (non-hydrogen) atoms. The van der Waals surface area contributed by atoms with Crippen LogP contribution >= 0.6 is 11.6 Å². The molecular formula is C19H24ClFN4O2. The molecule has 1 amide bonds. The summed E-state index contributed by atoms with van der Waals surface area (Å²) in [5.74, 6) is -0.0796. The van der Waals surface area contributed by atoms with E-state index in [2.05, 4.69) is 22.0 Å². The van der Waals surface area contributed by atoms with Crippen LogP contribution in [0.2, 0.25) is 5.02 Å². The molecule has 6 nitrogen and oxygen atoms in total. The van der Waals surface area contributed by atoms with Gasteiger partial charge in [0.1, 0.15) is 0 Å². The first-order valence-electron chi connectivity index (χ1n) is 9.24. The summed E-state index contributed by atoms with van der Waals surface area (Å²) in [5, 5.41) is 3.81. The average Bonchev–Trinajstić information content (AvgIpc) is 3.16. The zero-order valence-corrected chi connectivity index (χ0v) is 16.4. The Morgan fingerprint density at radius 1 is 1.41 bits per heavy atom. The van der Waals surface area contributed by atoms with Crippen molar-refractivity contribution in [2.45, 2.75) is 38.6 Å². The number of halogens is 2. The van der Waals surface area contributed by atoms with Gasteiger partial charge in [-0.25, -0.2) is 4.39 Å². The molecule has 2 heterocycles. The Kier molecular flexibility index (Phi) is 6.44. The fourth-order valence-corrected chi connectivity index (χ4v) is 3.53. The van der Waals surface area contributed by atoms with Gasteiger partial charge in [0.15, 0.2) is 5.82 Å². The van der Waals surface area contributed by atoms with Gasteiger partial charge >= 0.3 is 0 Å². The van der Waals surface area contributed by atoms with Crippen LogP contribution in [0.1, 0.15) is 32.1 Å². The standard InChI is InChI=1S/C19H24ClFN4O2/c1-3-25-11-9-13(10-12-25)24(2)17(26)8-7-16-22-19(23-27-16)14-5-4-6-15(20)18(14)21/h4-6,13H,3,7-12H2,1-2H3. The van der Waals surface area contributed by atoms with E-state index in [1.807, 2.05) is 11.9 Å². The Labute approximate surface area is 163 Å². The lowest BCUT2D eigenvalue weighted by Gasteiger charge is -2.36. The molecule has 0 radical (unpaired) electrons. The largest absolute Gasteiger partial charge is 0.343 e. The lowest BCUT2D eigenvalue weighted by atomic mass is 10.0. The number of hydrogen-bond donors (Lipinski definition) is 0. The summed E-state index contributed by atoms with van der Waals surface area (Å²) in [6.45, 7) is 5.26. The SMILES string of the molecule is CCN1CCC(N(C)C(=O)CCc2nc(-c3cccc(Cl)c3F)no2)CC1. The van der Waals surface area contributed by atoms with Crippen molar-refractivity contribution in [2.24, 2.45) is 0 Å². The number of piperidine rings is 1. The summed E-state index contributed by atoms with van der Waals surface area (Å²) in [4.78, 5) is 20.9. The van der Waals surface area contributed by atoms with Crippen molar-refractivity contribution in [2.75, 3.05) is 26.7 Å². The number of nitrogens with zero attached hydrogens (tertiary/aromatic N) is 4. The van der Waals surface area contributed by atoms with Crippen molar-refractivity contribution in [3.63, 3.8) is 0 Å². The van der Waals surface area contributed by atoms with Crippen LogP contribution in [0.3, 0.4) is 0 Å². The first-order chi connectivity index (χ1) is 13.0. The van der Waals surface area contributed by atoms with Crippen LogP contribution in [0.15, 0.2) is 22.7 Å². The van der Waals surface area contributed by atoms with Crippen LogP contribution in [0.5, 0.6) is 0 Å². The van der Waals surface area contributed by atoms with Gasteiger partial charge in [0, 0.05) is 39.0 Å². The number of carbonyl (C=O) groups excluding carboxylic acids is 1. The highest BCUT2D eigenvalue weighted by Gasteiger charge is 2.25. The van der Waals surface area contributed by atoms with Gasteiger partial charge in [0.25, 0.3) is 0 Å². The van der Waals surface area contributed by atoms with Crippen molar-refractivity contribution in [1.29, 1.82) is 0 Å². The Morgan fingerprint density at radius 2 is 2.15 bits per heavy atom. The fraction of sp³-hybridized carbons (Fsp3) is 0.526. The average molecular weight is 395 g/mol. The Bertz CT molecular complexity index is 790. The summed E-state index contributed by atoms with van der Waals surface area (Å²) in [5.41, 5.74) is 0.184. The summed E-state index contributed by atoms with van der Waals surface area (Å²) >= 11 is 5.79. The van der Waals surface area contributed by atoms with Gasteiger partial charge in [-0.3, -0.25) is 4.79 Å². The number of carbonyl (C=O) groups is 1. The normalized spacial score (nSPS) is 15.9. The predicted molar refractivity (Wildman–Crippen MR) is 101 cm³/mol. The molecule has 1 aliphatic rings. The number of aromatic nitrogens is 2. The Balaban J connectivity index is 1.55. The monoisotopic (exact) mass is 394 g/mol. The van der Waals surface area contributed by atoms with E-state index in [0.717, 1.165) is 32.5 Å². The van der Waals surface area contributed by atoms with Crippen molar-refractivity contribution in [1.82, 2.24) is 19.9 Å². The topological polar surface area (TPSA) is 62.5 Å². The maximum atomic E-state index is 14.1. The highest BCUT2D eigenvalue weighted by molar-refractivity contribution is 6.31. The van der Waals surface area contributed by atoms with E-state index in [-0.39, 0.29) is 34.8 Å². The Hall–Kier alpha value is -1.99. The van der Waals surface area contributed by atoms with Crippen molar-refractivity contribution < 1.29 is 13.7 Å². The summed E-state index contributed by atoms with van der Waals surface area (Å²) in [7, 11) is 1.86. The molecule has 0 aliphatic carbocycles. The molecule has 1 aliphatic heterocycles. The van der Waals surface area contributed by atoms with E-state index in [1.165, 1.54) is 12.1 Å². The van der Waals surface area contributed by atoms with Crippen molar-refractivity contribution in [3.05, 3.63) is 34.9 Å². The van der Waals surface area contributed by atoms with Crippen LogP contribution in [-0.2, 0) is 11.2 Å². The van der Waals surface area contributed by atoms with Crippen molar-refractivity contribution in [3.8, 4) is 11.4 Å². The molecule has 1 fully saturated rings. The third-order valence-corrected chi connectivity index (χ3v) is 5.45. The number of rotatable bonds is 6. The van der Waals surface area contributed by atoms with E-state index in [1.54, 1.807) is 6.07 Å². The molecule has 0 saturated carbocycles. The van der Waals surface area contributed by atoms with Crippen LogP contribution in [0, 0.1) is 5.82 Å². The maximum absolute atomic E-state index is 14.1. The highest BCUT2D eigenvalue weighted by Crippen LogP contribution is 2.25. The number of benzene rings is 1. The molecule has 0 atom stereocenters. The predicted octanol–water partition coefficient (Wildman–Crippen LogP) is 3.40. The molecule has 1 aromatic carbocycles. The molecule has 3 rings (SSSR count). The minimum Gasteiger partial charge on any atom is -0.343 e. The summed E-state index contributed by atoms with van der Waals surface area (Å²) < 4.78 is 19.2. The molecular weight excluding hydrogens is 371 g/mol. The number of hydrogen-bond acceptors (Lipinski definition) is 5. The molecule has 0 unspecified atom stereocenters. The summed E-state index contributed by atoms with van der Waals surface area (Å²) in [6, 6.07) is 4.90. The van der Waals surface area contributed by atoms with Gasteiger partial charge in [0.2, 0.25) is 17.6 Å². The summed E-state index contributed by atoms with van der Waals surface area (Å²) in [6.07, 6.45) is 2.60.